The molecule has 0 spiro atoms. The smallest absolute Gasteiger partial charge is 0.205 e. The molecule has 2 unspecified atom stereocenters. The van der Waals surface area contributed by atoms with Gasteiger partial charge in [0.2, 0.25) is 5.28 Å². The molecule has 20 heavy (non-hydrogen) atoms. The van der Waals surface area contributed by atoms with Gasteiger partial charge in [0.15, 0.2) is 0 Å². The maximum Gasteiger partial charge on any atom is 0.205 e. The second-order valence-electron chi connectivity index (χ2n) is 4.96. The van der Waals surface area contributed by atoms with Gasteiger partial charge in [-0.25, -0.2) is 4.98 Å². The van der Waals surface area contributed by atoms with Crippen molar-refractivity contribution in [3.05, 3.63) is 53.1 Å². The molecule has 0 radical (unpaired) electrons. The standard InChI is InChI=1S/C15H17ClN2O2/c16-15-17-10-12(14(19)11-6-2-1-3-7-11)18(15)13-8-4-5-9-20-13/h1-3,6-7,10,13-14,19H,4-5,8-9H2. The van der Waals surface area contributed by atoms with Gasteiger partial charge in [-0.05, 0) is 36.4 Å². The van der Waals surface area contributed by atoms with E-state index in [1.54, 1.807) is 10.8 Å². The van der Waals surface area contributed by atoms with E-state index in [1.165, 1.54) is 0 Å². The number of aromatic nitrogens is 2. The zero-order valence-corrected chi connectivity index (χ0v) is 11.8. The molecule has 2 atom stereocenters. The van der Waals surface area contributed by atoms with Crippen LogP contribution in [0, 0.1) is 0 Å². The van der Waals surface area contributed by atoms with Crippen molar-refractivity contribution in [2.24, 2.45) is 0 Å². The van der Waals surface area contributed by atoms with Crippen LogP contribution in [0.15, 0.2) is 36.5 Å². The summed E-state index contributed by atoms with van der Waals surface area (Å²) < 4.78 is 7.56. The lowest BCUT2D eigenvalue weighted by molar-refractivity contribution is -0.0356. The molecule has 1 aromatic carbocycles. The predicted molar refractivity (Wildman–Crippen MR) is 76.6 cm³/mol. The zero-order chi connectivity index (χ0) is 13.9. The first kappa shape index (κ1) is 13.6. The first-order valence-corrected chi connectivity index (χ1v) is 7.22. The lowest BCUT2D eigenvalue weighted by Crippen LogP contribution is -2.21. The molecule has 1 saturated heterocycles. The Morgan fingerprint density at radius 3 is 2.80 bits per heavy atom. The van der Waals surface area contributed by atoms with Crippen LogP contribution in [-0.4, -0.2) is 21.3 Å². The topological polar surface area (TPSA) is 47.3 Å². The Hall–Kier alpha value is -1.36. The summed E-state index contributed by atoms with van der Waals surface area (Å²) in [5.41, 5.74) is 1.49. The first-order valence-electron chi connectivity index (χ1n) is 6.84. The molecule has 0 bridgehead atoms. The van der Waals surface area contributed by atoms with Crippen molar-refractivity contribution in [1.82, 2.24) is 9.55 Å². The molecule has 2 aromatic rings. The maximum absolute atomic E-state index is 10.5. The molecule has 5 heteroatoms. The minimum absolute atomic E-state index is 0.132. The van der Waals surface area contributed by atoms with E-state index in [0.717, 1.165) is 31.4 Å². The van der Waals surface area contributed by atoms with Gasteiger partial charge in [0.05, 0.1) is 11.9 Å². The Labute approximate surface area is 123 Å². The van der Waals surface area contributed by atoms with Crippen molar-refractivity contribution in [2.45, 2.75) is 31.6 Å². The fourth-order valence-corrected chi connectivity index (χ4v) is 2.83. The summed E-state index contributed by atoms with van der Waals surface area (Å²) in [5.74, 6) is 0. The Morgan fingerprint density at radius 2 is 2.10 bits per heavy atom. The number of nitrogens with zero attached hydrogens (tertiary/aromatic N) is 2. The van der Waals surface area contributed by atoms with Crippen LogP contribution in [0.2, 0.25) is 5.28 Å². The van der Waals surface area contributed by atoms with E-state index in [-0.39, 0.29) is 6.23 Å². The number of aliphatic hydroxyl groups is 1. The Morgan fingerprint density at radius 1 is 1.30 bits per heavy atom. The van der Waals surface area contributed by atoms with Crippen LogP contribution in [0.4, 0.5) is 0 Å². The van der Waals surface area contributed by atoms with E-state index in [9.17, 15) is 5.11 Å². The van der Waals surface area contributed by atoms with E-state index in [0.29, 0.717) is 11.0 Å². The van der Waals surface area contributed by atoms with Crippen molar-refractivity contribution in [3.63, 3.8) is 0 Å². The highest BCUT2D eigenvalue weighted by Gasteiger charge is 2.25. The van der Waals surface area contributed by atoms with Gasteiger partial charge < -0.3 is 9.84 Å². The van der Waals surface area contributed by atoms with Gasteiger partial charge in [-0.15, -0.1) is 0 Å². The summed E-state index contributed by atoms with van der Waals surface area (Å²) in [5, 5.41) is 10.9. The molecule has 3 rings (SSSR count). The SMILES string of the molecule is OC(c1ccccc1)c1cnc(Cl)n1C1CCCCO1. The number of ether oxygens (including phenoxy) is 1. The number of hydrogen-bond donors (Lipinski definition) is 1. The number of imidazole rings is 1. The minimum atomic E-state index is -0.748. The van der Waals surface area contributed by atoms with Crippen molar-refractivity contribution in [2.75, 3.05) is 6.61 Å². The Bertz CT molecular complexity index is 565. The third-order valence-electron chi connectivity index (χ3n) is 3.62. The highest BCUT2D eigenvalue weighted by molar-refractivity contribution is 6.28. The monoisotopic (exact) mass is 292 g/mol. The normalized spacial score (nSPS) is 20.8. The van der Waals surface area contributed by atoms with Gasteiger partial charge in [0.1, 0.15) is 12.3 Å². The third-order valence-corrected chi connectivity index (χ3v) is 3.90. The zero-order valence-electron chi connectivity index (χ0n) is 11.1. The quantitative estimate of drug-likeness (QED) is 0.944. The van der Waals surface area contributed by atoms with E-state index in [4.69, 9.17) is 16.3 Å². The molecule has 106 valence electrons. The molecular weight excluding hydrogens is 276 g/mol. The second-order valence-corrected chi connectivity index (χ2v) is 5.29. The maximum atomic E-state index is 10.5. The van der Waals surface area contributed by atoms with Crippen LogP contribution in [0.3, 0.4) is 0 Å². The molecular formula is C15H17ClN2O2. The number of benzene rings is 1. The van der Waals surface area contributed by atoms with Gasteiger partial charge in [0.25, 0.3) is 0 Å². The van der Waals surface area contributed by atoms with Crippen LogP contribution in [-0.2, 0) is 4.74 Å². The average molecular weight is 293 g/mol. The lowest BCUT2D eigenvalue weighted by Gasteiger charge is -2.27. The molecule has 1 aromatic heterocycles. The first-order chi connectivity index (χ1) is 9.77. The highest BCUT2D eigenvalue weighted by Crippen LogP contribution is 2.32. The Kier molecular flexibility index (Phi) is 4.05. The fraction of sp³-hybridized carbons (Fsp3) is 0.400. The predicted octanol–water partition coefficient (Wildman–Crippen LogP) is 3.32. The number of rotatable bonds is 3. The van der Waals surface area contributed by atoms with Crippen LogP contribution in [0.25, 0.3) is 0 Å². The van der Waals surface area contributed by atoms with E-state index >= 15 is 0 Å². The van der Waals surface area contributed by atoms with Gasteiger partial charge >= 0.3 is 0 Å². The van der Waals surface area contributed by atoms with Gasteiger partial charge in [-0.2, -0.15) is 0 Å². The molecule has 1 aliphatic heterocycles. The minimum Gasteiger partial charge on any atom is -0.382 e. The summed E-state index contributed by atoms with van der Waals surface area (Å²) >= 11 is 6.17. The Balaban J connectivity index is 1.94. The number of hydrogen-bond acceptors (Lipinski definition) is 3. The molecule has 4 nitrogen and oxygen atoms in total. The van der Waals surface area contributed by atoms with Crippen LogP contribution in [0.1, 0.15) is 42.9 Å². The fourth-order valence-electron chi connectivity index (χ4n) is 2.57. The van der Waals surface area contributed by atoms with Crippen molar-refractivity contribution in [3.8, 4) is 0 Å². The molecule has 1 fully saturated rings. The summed E-state index contributed by atoms with van der Waals surface area (Å²) in [7, 11) is 0. The van der Waals surface area contributed by atoms with Gasteiger partial charge in [-0.1, -0.05) is 30.3 Å². The van der Waals surface area contributed by atoms with Gasteiger partial charge in [0, 0.05) is 6.61 Å². The molecule has 0 amide bonds. The van der Waals surface area contributed by atoms with Gasteiger partial charge in [-0.3, -0.25) is 4.57 Å². The molecule has 1 N–H and O–H groups in total. The molecule has 1 aliphatic rings. The van der Waals surface area contributed by atoms with Crippen LogP contribution < -0.4 is 0 Å². The van der Waals surface area contributed by atoms with Crippen LogP contribution in [0.5, 0.6) is 0 Å². The number of aliphatic hydroxyl groups excluding tert-OH is 1. The summed E-state index contributed by atoms with van der Waals surface area (Å²) in [6.07, 6.45) is 3.80. The van der Waals surface area contributed by atoms with E-state index < -0.39 is 6.10 Å². The highest BCUT2D eigenvalue weighted by atomic mass is 35.5. The third kappa shape index (κ3) is 2.59. The molecule has 0 saturated carbocycles. The van der Waals surface area contributed by atoms with E-state index in [1.807, 2.05) is 30.3 Å². The van der Waals surface area contributed by atoms with Crippen molar-refractivity contribution < 1.29 is 9.84 Å². The van der Waals surface area contributed by atoms with Crippen LogP contribution >= 0.6 is 11.6 Å². The second kappa shape index (κ2) is 5.95. The number of halogens is 1. The summed E-state index contributed by atoms with van der Waals surface area (Å²) in [6, 6.07) is 9.50. The summed E-state index contributed by atoms with van der Waals surface area (Å²) in [6.45, 7) is 0.722. The largest absolute Gasteiger partial charge is 0.382 e. The average Bonchev–Trinajstić information content (AvgIpc) is 2.90. The van der Waals surface area contributed by atoms with Crippen molar-refractivity contribution >= 4 is 11.6 Å². The summed E-state index contributed by atoms with van der Waals surface area (Å²) in [4.78, 5) is 4.13. The lowest BCUT2D eigenvalue weighted by atomic mass is 10.1. The van der Waals surface area contributed by atoms with E-state index in [2.05, 4.69) is 4.98 Å². The molecule has 2 heterocycles. The van der Waals surface area contributed by atoms with Crippen molar-refractivity contribution in [1.29, 1.82) is 0 Å². The molecule has 0 aliphatic carbocycles.